The predicted molar refractivity (Wildman–Crippen MR) is 103 cm³/mol. The van der Waals surface area contributed by atoms with Crippen molar-refractivity contribution in [2.24, 2.45) is 0 Å². The number of nitrogens with zero attached hydrogens (tertiary/aromatic N) is 1. The van der Waals surface area contributed by atoms with Gasteiger partial charge in [-0.2, -0.15) is 0 Å². The van der Waals surface area contributed by atoms with Crippen molar-refractivity contribution in [2.45, 2.75) is 12.7 Å². The second-order valence-electron chi connectivity index (χ2n) is 6.44. The largest absolute Gasteiger partial charge is 0.486 e. The molecule has 1 atom stereocenters. The molecule has 150 valence electrons. The summed E-state index contributed by atoms with van der Waals surface area (Å²) in [6.45, 7) is 0.0532. The van der Waals surface area contributed by atoms with Gasteiger partial charge in [0.2, 0.25) is 11.9 Å². The Labute approximate surface area is 167 Å². The van der Waals surface area contributed by atoms with Crippen LogP contribution in [-0.2, 0) is 16.1 Å². The van der Waals surface area contributed by atoms with E-state index >= 15 is 0 Å². The number of carbonyl (C=O) groups is 2. The minimum absolute atomic E-state index is 0.0461. The van der Waals surface area contributed by atoms with Crippen LogP contribution in [0.4, 0.5) is 4.39 Å². The van der Waals surface area contributed by atoms with Crippen LogP contribution in [0, 0.1) is 5.82 Å². The van der Waals surface area contributed by atoms with Crippen LogP contribution in [0.1, 0.15) is 28.0 Å². The van der Waals surface area contributed by atoms with E-state index in [1.807, 2.05) is 6.07 Å². The molecule has 0 radical (unpaired) electrons. The van der Waals surface area contributed by atoms with Crippen LogP contribution in [0.25, 0.3) is 0 Å². The zero-order chi connectivity index (χ0) is 20.8. The average Bonchev–Trinajstić information content (AvgIpc) is 3.21. The number of hydrogen-bond acceptors (Lipinski definition) is 5. The van der Waals surface area contributed by atoms with Crippen LogP contribution in [-0.4, -0.2) is 30.9 Å². The van der Waals surface area contributed by atoms with Crippen LogP contribution in [0.15, 0.2) is 71.1 Å². The molecule has 0 saturated heterocycles. The number of ether oxygens (including phenoxy) is 2. The van der Waals surface area contributed by atoms with Gasteiger partial charge in [-0.05, 0) is 36.4 Å². The number of halogens is 1. The van der Waals surface area contributed by atoms with Crippen molar-refractivity contribution in [3.8, 4) is 5.75 Å². The second-order valence-corrected chi connectivity index (χ2v) is 6.44. The third-order valence-corrected chi connectivity index (χ3v) is 4.05. The van der Waals surface area contributed by atoms with E-state index in [4.69, 9.17) is 13.9 Å². The van der Waals surface area contributed by atoms with Crippen molar-refractivity contribution in [1.29, 1.82) is 0 Å². The van der Waals surface area contributed by atoms with Gasteiger partial charge in [-0.1, -0.05) is 30.3 Å². The molecule has 7 heteroatoms. The Morgan fingerprint density at radius 3 is 2.34 bits per heavy atom. The van der Waals surface area contributed by atoms with Gasteiger partial charge in [0.25, 0.3) is 5.91 Å². The van der Waals surface area contributed by atoms with Crippen LogP contribution in [0.2, 0.25) is 0 Å². The molecule has 0 unspecified atom stereocenters. The maximum absolute atomic E-state index is 12.9. The van der Waals surface area contributed by atoms with E-state index in [9.17, 15) is 14.0 Å². The van der Waals surface area contributed by atoms with Gasteiger partial charge in [-0.3, -0.25) is 4.79 Å². The highest BCUT2D eigenvalue weighted by Crippen LogP contribution is 2.22. The summed E-state index contributed by atoms with van der Waals surface area (Å²) in [5.41, 5.74) is 0.561. The maximum Gasteiger partial charge on any atom is 0.375 e. The van der Waals surface area contributed by atoms with E-state index in [2.05, 4.69) is 0 Å². The number of benzene rings is 2. The molecule has 0 aliphatic rings. The molecule has 0 N–H and O–H groups in total. The van der Waals surface area contributed by atoms with Crippen molar-refractivity contribution in [3.05, 3.63) is 89.6 Å². The van der Waals surface area contributed by atoms with Crippen molar-refractivity contribution < 1.29 is 27.9 Å². The molecule has 0 aliphatic heterocycles. The molecule has 1 aromatic heterocycles. The Bertz CT molecular complexity index is 966. The number of likely N-dealkylation sites (N-methyl/N-ethyl adjacent to an activating group) is 1. The average molecular weight is 397 g/mol. The lowest BCUT2D eigenvalue weighted by Crippen LogP contribution is -2.31. The molecule has 0 fully saturated rings. The molecule has 6 nitrogen and oxygen atoms in total. The monoisotopic (exact) mass is 397 g/mol. The zero-order valence-electron chi connectivity index (χ0n) is 16.0. The number of hydrogen-bond donors (Lipinski definition) is 0. The fraction of sp³-hybridized carbons (Fsp3) is 0.182. The highest BCUT2D eigenvalue weighted by Gasteiger charge is 2.28. The third-order valence-electron chi connectivity index (χ3n) is 4.05. The van der Waals surface area contributed by atoms with Crippen molar-refractivity contribution >= 4 is 11.9 Å². The first-order valence-corrected chi connectivity index (χ1v) is 8.88. The molecule has 29 heavy (non-hydrogen) atoms. The van der Waals surface area contributed by atoms with Gasteiger partial charge < -0.3 is 18.8 Å². The summed E-state index contributed by atoms with van der Waals surface area (Å²) >= 11 is 0. The van der Waals surface area contributed by atoms with Crippen LogP contribution in [0.3, 0.4) is 0 Å². The van der Waals surface area contributed by atoms with Crippen molar-refractivity contribution in [1.82, 2.24) is 4.90 Å². The van der Waals surface area contributed by atoms with Gasteiger partial charge in [0.1, 0.15) is 23.9 Å². The van der Waals surface area contributed by atoms with E-state index in [0.29, 0.717) is 17.1 Å². The lowest BCUT2D eigenvalue weighted by molar-refractivity contribution is -0.138. The van der Waals surface area contributed by atoms with Gasteiger partial charge in [0.05, 0.1) is 0 Å². The number of furan rings is 1. The van der Waals surface area contributed by atoms with Crippen LogP contribution in [0.5, 0.6) is 5.75 Å². The normalized spacial score (nSPS) is 11.6. The lowest BCUT2D eigenvalue weighted by Gasteiger charge is -2.20. The number of rotatable bonds is 7. The summed E-state index contributed by atoms with van der Waals surface area (Å²) in [4.78, 5) is 26.3. The highest BCUT2D eigenvalue weighted by molar-refractivity contribution is 5.90. The molecule has 1 heterocycles. The molecule has 0 saturated carbocycles. The Kier molecular flexibility index (Phi) is 6.29. The molecular formula is C22H20FNO5. The van der Waals surface area contributed by atoms with E-state index < -0.39 is 12.1 Å². The van der Waals surface area contributed by atoms with Gasteiger partial charge in [0.15, 0.2) is 0 Å². The fourth-order valence-electron chi connectivity index (χ4n) is 2.54. The summed E-state index contributed by atoms with van der Waals surface area (Å²) in [6, 6.07) is 17.3. The number of carbonyl (C=O) groups excluding carboxylic acids is 2. The third kappa shape index (κ3) is 5.22. The molecule has 3 rings (SSSR count). The first kappa shape index (κ1) is 20.1. The Balaban J connectivity index is 1.67. The minimum Gasteiger partial charge on any atom is -0.486 e. The summed E-state index contributed by atoms with van der Waals surface area (Å²) in [5, 5.41) is 0. The van der Waals surface area contributed by atoms with Gasteiger partial charge in [-0.15, -0.1) is 0 Å². The summed E-state index contributed by atoms with van der Waals surface area (Å²) in [5.74, 6) is -0.682. The first-order chi connectivity index (χ1) is 13.9. The molecule has 2 aromatic carbocycles. The summed E-state index contributed by atoms with van der Waals surface area (Å²) in [6.07, 6.45) is -1.08. The van der Waals surface area contributed by atoms with Gasteiger partial charge in [0, 0.05) is 19.7 Å². The van der Waals surface area contributed by atoms with E-state index in [-0.39, 0.29) is 24.1 Å². The van der Waals surface area contributed by atoms with Gasteiger partial charge in [-0.25, -0.2) is 9.18 Å². The van der Waals surface area contributed by atoms with Crippen LogP contribution < -0.4 is 4.74 Å². The molecule has 0 spiro atoms. The molecular weight excluding hydrogens is 377 g/mol. The molecule has 1 amide bonds. The Morgan fingerprint density at radius 2 is 1.69 bits per heavy atom. The fourth-order valence-corrected chi connectivity index (χ4v) is 2.54. The van der Waals surface area contributed by atoms with Gasteiger partial charge >= 0.3 is 5.97 Å². The lowest BCUT2D eigenvalue weighted by atomic mass is 10.1. The second kappa shape index (κ2) is 9.05. The Morgan fingerprint density at radius 1 is 1.00 bits per heavy atom. The van der Waals surface area contributed by atoms with E-state index in [1.54, 1.807) is 44.4 Å². The quantitative estimate of drug-likeness (QED) is 0.564. The summed E-state index contributed by atoms with van der Waals surface area (Å²) in [7, 11) is 3.17. The van der Waals surface area contributed by atoms with Crippen molar-refractivity contribution in [2.75, 3.05) is 14.1 Å². The van der Waals surface area contributed by atoms with Crippen molar-refractivity contribution in [3.63, 3.8) is 0 Å². The summed E-state index contributed by atoms with van der Waals surface area (Å²) < 4.78 is 29.3. The molecule has 3 aromatic rings. The molecule has 0 bridgehead atoms. The maximum atomic E-state index is 12.9. The zero-order valence-corrected chi connectivity index (χ0v) is 16.0. The standard InChI is InChI=1S/C22H20FNO5/c1-24(2)21(25)20(15-6-4-3-5-7-15)29-22(26)19-13-12-18(28-19)14-27-17-10-8-16(23)9-11-17/h3-13,20H,14H2,1-2H3/t20-/m0/s1. The highest BCUT2D eigenvalue weighted by atomic mass is 19.1. The minimum atomic E-state index is -1.08. The SMILES string of the molecule is CN(C)C(=O)[C@@H](OC(=O)c1ccc(COc2ccc(F)cc2)o1)c1ccccc1. The van der Waals surface area contributed by atoms with E-state index in [0.717, 1.165) is 0 Å². The Hall–Kier alpha value is -3.61. The smallest absolute Gasteiger partial charge is 0.375 e. The number of esters is 1. The predicted octanol–water partition coefficient (Wildman–Crippen LogP) is 3.98. The molecule has 0 aliphatic carbocycles. The van der Waals surface area contributed by atoms with Crippen LogP contribution >= 0.6 is 0 Å². The number of amides is 1. The van der Waals surface area contributed by atoms with E-state index in [1.165, 1.54) is 35.2 Å². The first-order valence-electron chi connectivity index (χ1n) is 8.88. The topological polar surface area (TPSA) is 69.0 Å².